The van der Waals surface area contributed by atoms with Crippen molar-refractivity contribution in [2.24, 2.45) is 17.4 Å². The van der Waals surface area contributed by atoms with Crippen molar-refractivity contribution in [3.63, 3.8) is 0 Å². The van der Waals surface area contributed by atoms with Crippen LogP contribution in [0.1, 0.15) is 46.0 Å². The molecular weight excluding hydrogens is 164 g/mol. The zero-order valence-corrected chi connectivity index (χ0v) is 8.75. The Bertz CT molecular complexity index is 136. The zero-order chi connectivity index (χ0) is 10.3. The van der Waals surface area contributed by atoms with E-state index in [1.807, 2.05) is 0 Å². The van der Waals surface area contributed by atoms with Gasteiger partial charge >= 0.3 is 0 Å². The van der Waals surface area contributed by atoms with Gasteiger partial charge in [-0.25, -0.2) is 0 Å². The molecule has 1 amide bonds. The van der Waals surface area contributed by atoms with E-state index in [4.69, 9.17) is 5.73 Å². The first-order valence-corrected chi connectivity index (χ1v) is 5.07. The van der Waals surface area contributed by atoms with Gasteiger partial charge in [0.05, 0.1) is 0 Å². The van der Waals surface area contributed by atoms with Gasteiger partial charge in [-0.05, 0) is 31.6 Å². The molecule has 0 aromatic heterocycles. The lowest BCUT2D eigenvalue weighted by Gasteiger charge is -2.24. The third kappa shape index (κ3) is 7.78. The van der Waals surface area contributed by atoms with Crippen molar-refractivity contribution in [2.75, 3.05) is 0 Å². The van der Waals surface area contributed by atoms with Crippen LogP contribution in [-0.4, -0.2) is 11.9 Å². The predicted molar refractivity (Wildman–Crippen MR) is 55.1 cm³/mol. The van der Waals surface area contributed by atoms with Crippen LogP contribution in [0.3, 0.4) is 0 Å². The minimum Gasteiger partial charge on any atom is -0.370 e. The standard InChI is InChI=1S/C8H17N.C2H5NO/c1-2-7-3-5-8(9)6-4-7;1-2(3)4/h7-8H,2-6,9H2,1H3;1H3,(H2,3,4). The Kier molecular flexibility index (Phi) is 6.59. The van der Waals surface area contributed by atoms with Crippen LogP contribution in [-0.2, 0) is 4.79 Å². The average Bonchev–Trinajstić information content (AvgIpc) is 2.05. The van der Waals surface area contributed by atoms with Crippen molar-refractivity contribution < 1.29 is 4.79 Å². The Morgan fingerprint density at radius 3 is 2.00 bits per heavy atom. The summed E-state index contributed by atoms with van der Waals surface area (Å²) in [5.74, 6) is 0.657. The van der Waals surface area contributed by atoms with E-state index in [1.165, 1.54) is 39.0 Å². The van der Waals surface area contributed by atoms with Crippen LogP contribution < -0.4 is 11.5 Å². The van der Waals surface area contributed by atoms with Crippen LogP contribution in [0.5, 0.6) is 0 Å². The van der Waals surface area contributed by atoms with Crippen LogP contribution in [0.15, 0.2) is 0 Å². The van der Waals surface area contributed by atoms with Gasteiger partial charge in [-0.1, -0.05) is 13.3 Å². The highest BCUT2D eigenvalue weighted by Crippen LogP contribution is 2.24. The van der Waals surface area contributed by atoms with Crippen molar-refractivity contribution >= 4 is 5.91 Å². The van der Waals surface area contributed by atoms with Crippen LogP contribution in [0.25, 0.3) is 0 Å². The Balaban J connectivity index is 0.000000310. The van der Waals surface area contributed by atoms with Crippen molar-refractivity contribution in [3.05, 3.63) is 0 Å². The van der Waals surface area contributed by atoms with Gasteiger partial charge in [0.25, 0.3) is 0 Å². The number of primary amides is 1. The second kappa shape index (κ2) is 6.89. The summed E-state index contributed by atoms with van der Waals surface area (Å²) >= 11 is 0. The summed E-state index contributed by atoms with van der Waals surface area (Å²) in [7, 11) is 0. The molecule has 0 radical (unpaired) electrons. The zero-order valence-electron chi connectivity index (χ0n) is 8.75. The van der Waals surface area contributed by atoms with E-state index >= 15 is 0 Å². The molecule has 4 N–H and O–H groups in total. The van der Waals surface area contributed by atoms with Crippen molar-refractivity contribution in [3.8, 4) is 0 Å². The van der Waals surface area contributed by atoms with E-state index < -0.39 is 0 Å². The summed E-state index contributed by atoms with van der Waals surface area (Å²) in [6.45, 7) is 3.58. The number of nitrogens with two attached hydrogens (primary N) is 2. The molecule has 0 atom stereocenters. The van der Waals surface area contributed by atoms with E-state index in [9.17, 15) is 4.79 Å². The molecule has 13 heavy (non-hydrogen) atoms. The molecule has 78 valence electrons. The summed E-state index contributed by atoms with van der Waals surface area (Å²) in [4.78, 5) is 9.22. The molecule has 0 aromatic rings. The van der Waals surface area contributed by atoms with Gasteiger partial charge in [0, 0.05) is 13.0 Å². The van der Waals surface area contributed by atoms with E-state index in [2.05, 4.69) is 12.7 Å². The first-order chi connectivity index (χ1) is 6.06. The summed E-state index contributed by atoms with van der Waals surface area (Å²) in [6.07, 6.45) is 6.62. The number of rotatable bonds is 1. The van der Waals surface area contributed by atoms with Gasteiger partial charge < -0.3 is 11.5 Å². The second-order valence-corrected chi connectivity index (χ2v) is 3.80. The summed E-state index contributed by atoms with van der Waals surface area (Å²) in [6, 6.07) is 0.521. The smallest absolute Gasteiger partial charge is 0.214 e. The highest BCUT2D eigenvalue weighted by Gasteiger charge is 2.15. The number of amides is 1. The third-order valence-corrected chi connectivity index (χ3v) is 2.47. The molecule has 0 aromatic carbocycles. The number of carbonyl (C=O) groups excluding carboxylic acids is 1. The fourth-order valence-electron chi connectivity index (χ4n) is 1.60. The van der Waals surface area contributed by atoms with Crippen LogP contribution in [0, 0.1) is 5.92 Å². The highest BCUT2D eigenvalue weighted by atomic mass is 16.1. The summed E-state index contributed by atoms with van der Waals surface area (Å²) < 4.78 is 0. The van der Waals surface area contributed by atoms with Crippen molar-refractivity contribution in [1.29, 1.82) is 0 Å². The number of hydrogen-bond acceptors (Lipinski definition) is 2. The van der Waals surface area contributed by atoms with E-state index in [1.54, 1.807) is 0 Å². The quantitative estimate of drug-likeness (QED) is 0.650. The maximum atomic E-state index is 9.22. The summed E-state index contributed by atoms with van der Waals surface area (Å²) in [5, 5.41) is 0. The summed E-state index contributed by atoms with van der Waals surface area (Å²) in [5.41, 5.74) is 10.2. The molecule has 0 saturated heterocycles. The maximum absolute atomic E-state index is 9.22. The lowest BCUT2D eigenvalue weighted by atomic mass is 9.85. The topological polar surface area (TPSA) is 69.1 Å². The van der Waals surface area contributed by atoms with Gasteiger partial charge in [-0.3, -0.25) is 4.79 Å². The first-order valence-electron chi connectivity index (χ1n) is 5.07. The van der Waals surface area contributed by atoms with Crippen LogP contribution in [0.4, 0.5) is 0 Å². The Labute approximate surface area is 80.9 Å². The minimum absolute atomic E-state index is 0.333. The third-order valence-electron chi connectivity index (χ3n) is 2.47. The van der Waals surface area contributed by atoms with Gasteiger partial charge in [-0.2, -0.15) is 0 Å². The van der Waals surface area contributed by atoms with Gasteiger partial charge in [0.15, 0.2) is 0 Å². The molecule has 1 saturated carbocycles. The molecule has 3 heteroatoms. The molecule has 0 aliphatic heterocycles. The highest BCUT2D eigenvalue weighted by molar-refractivity contribution is 5.70. The van der Waals surface area contributed by atoms with Crippen molar-refractivity contribution in [1.82, 2.24) is 0 Å². The second-order valence-electron chi connectivity index (χ2n) is 3.80. The van der Waals surface area contributed by atoms with E-state index in [0.717, 1.165) is 5.92 Å². The SMILES string of the molecule is CC(N)=O.CCC1CCC(N)CC1. The van der Waals surface area contributed by atoms with E-state index in [-0.39, 0.29) is 5.91 Å². The number of carbonyl (C=O) groups is 1. The van der Waals surface area contributed by atoms with Gasteiger partial charge in [0.2, 0.25) is 5.91 Å². The van der Waals surface area contributed by atoms with E-state index in [0.29, 0.717) is 6.04 Å². The molecule has 1 aliphatic rings. The Morgan fingerprint density at radius 2 is 1.69 bits per heavy atom. The molecule has 1 aliphatic carbocycles. The fourth-order valence-corrected chi connectivity index (χ4v) is 1.60. The molecule has 0 heterocycles. The minimum atomic E-state index is -0.333. The first kappa shape index (κ1) is 12.4. The monoisotopic (exact) mass is 186 g/mol. The fraction of sp³-hybridized carbons (Fsp3) is 0.900. The molecular formula is C10H22N2O. The maximum Gasteiger partial charge on any atom is 0.214 e. The molecule has 3 nitrogen and oxygen atoms in total. The Hall–Kier alpha value is -0.570. The van der Waals surface area contributed by atoms with Gasteiger partial charge in [-0.15, -0.1) is 0 Å². The molecule has 1 fully saturated rings. The normalized spacial score (nSPS) is 27.3. The van der Waals surface area contributed by atoms with Gasteiger partial charge in [0.1, 0.15) is 0 Å². The largest absolute Gasteiger partial charge is 0.370 e. The number of hydrogen-bond donors (Lipinski definition) is 2. The molecule has 0 unspecified atom stereocenters. The lowest BCUT2D eigenvalue weighted by molar-refractivity contribution is -0.115. The van der Waals surface area contributed by atoms with Crippen LogP contribution >= 0.6 is 0 Å². The lowest BCUT2D eigenvalue weighted by Crippen LogP contribution is -2.26. The predicted octanol–water partition coefficient (Wildman–Crippen LogP) is 1.41. The molecule has 0 spiro atoms. The average molecular weight is 186 g/mol. The van der Waals surface area contributed by atoms with Crippen molar-refractivity contribution in [2.45, 2.75) is 52.0 Å². The molecule has 0 bridgehead atoms. The molecule has 1 rings (SSSR count). The van der Waals surface area contributed by atoms with Crippen LogP contribution in [0.2, 0.25) is 0 Å². The Morgan fingerprint density at radius 1 is 1.31 bits per heavy atom.